The first-order valence-corrected chi connectivity index (χ1v) is 11.6. The third kappa shape index (κ3) is 4.17. The van der Waals surface area contributed by atoms with E-state index in [0.29, 0.717) is 17.4 Å². The average molecular weight is 428 g/mol. The predicted molar refractivity (Wildman–Crippen MR) is 122 cm³/mol. The van der Waals surface area contributed by atoms with Crippen LogP contribution in [0.15, 0.2) is 12.1 Å². The van der Waals surface area contributed by atoms with Gasteiger partial charge in [-0.15, -0.1) is 0 Å². The van der Waals surface area contributed by atoms with Gasteiger partial charge in [-0.1, -0.05) is 19.3 Å². The number of carbonyl (C=O) groups is 1. The van der Waals surface area contributed by atoms with Gasteiger partial charge in [-0.05, 0) is 69.5 Å². The van der Waals surface area contributed by atoms with Crippen LogP contribution < -0.4 is 0 Å². The second kappa shape index (κ2) is 8.92. The zero-order valence-electron chi connectivity index (χ0n) is 18.4. The number of H-pyrrole nitrogens is 1. The number of rotatable bonds is 4. The Morgan fingerprint density at radius 2 is 1.97 bits per heavy atom. The van der Waals surface area contributed by atoms with Crippen LogP contribution in [0.25, 0.3) is 6.08 Å². The molecule has 1 saturated heterocycles. The van der Waals surface area contributed by atoms with Crippen molar-refractivity contribution in [3.63, 3.8) is 0 Å². The molecule has 2 fully saturated rings. The number of hydrogen-bond acceptors (Lipinski definition) is 3. The van der Waals surface area contributed by atoms with E-state index < -0.39 is 0 Å². The lowest BCUT2D eigenvalue weighted by Gasteiger charge is -2.31. The van der Waals surface area contributed by atoms with Gasteiger partial charge in [-0.2, -0.15) is 5.10 Å². The van der Waals surface area contributed by atoms with Crippen molar-refractivity contribution in [2.45, 2.75) is 70.8 Å². The highest BCUT2D eigenvalue weighted by Crippen LogP contribution is 2.32. The standard InChI is InChI=1S/C23H33N5OS/c1-16-14-18(17(2)28(16)20-9-5-4-6-10-20)11-12-21(29)27-13-7-8-19(15-27)22-24-25-23(30)26(22)3/h11-12,14,19-20H,4-10,13,15H2,1-3H3,(H,25,30). The maximum atomic E-state index is 12.9. The van der Waals surface area contributed by atoms with E-state index in [4.69, 9.17) is 12.2 Å². The summed E-state index contributed by atoms with van der Waals surface area (Å²) in [5.41, 5.74) is 3.74. The van der Waals surface area contributed by atoms with E-state index in [2.05, 4.69) is 34.7 Å². The van der Waals surface area contributed by atoms with Gasteiger partial charge >= 0.3 is 0 Å². The molecule has 2 aromatic rings. The molecule has 3 heterocycles. The number of hydrogen-bond donors (Lipinski definition) is 1. The summed E-state index contributed by atoms with van der Waals surface area (Å²) in [6.07, 6.45) is 12.3. The van der Waals surface area contributed by atoms with E-state index in [1.54, 1.807) is 6.08 Å². The van der Waals surface area contributed by atoms with Crippen molar-refractivity contribution >= 4 is 24.2 Å². The second-order valence-electron chi connectivity index (χ2n) is 8.89. The Hall–Kier alpha value is -2.15. The van der Waals surface area contributed by atoms with E-state index >= 15 is 0 Å². The molecule has 2 aliphatic rings. The van der Waals surface area contributed by atoms with Crippen LogP contribution >= 0.6 is 12.2 Å². The highest BCUT2D eigenvalue weighted by Gasteiger charge is 2.27. The Bertz CT molecular complexity index is 992. The maximum Gasteiger partial charge on any atom is 0.246 e. The quantitative estimate of drug-likeness (QED) is 0.562. The summed E-state index contributed by atoms with van der Waals surface area (Å²) in [4.78, 5) is 14.9. The molecular formula is C23H33N5OS. The Morgan fingerprint density at radius 1 is 1.20 bits per heavy atom. The number of aromatic nitrogens is 4. The van der Waals surface area contributed by atoms with Crippen LogP contribution in [0.1, 0.15) is 79.7 Å². The molecule has 2 aromatic heterocycles. The minimum atomic E-state index is 0.0824. The number of aromatic amines is 1. The van der Waals surface area contributed by atoms with Gasteiger partial charge in [0.1, 0.15) is 5.82 Å². The lowest BCUT2D eigenvalue weighted by Crippen LogP contribution is -2.38. The SMILES string of the molecule is Cc1cc(C=CC(=O)N2CCCC(c3n[nH]c(=S)n3C)C2)c(C)n1C1CCCCC1. The first kappa shape index (κ1) is 21.1. The predicted octanol–water partition coefficient (Wildman–Crippen LogP) is 4.82. The molecule has 1 amide bonds. The van der Waals surface area contributed by atoms with Crippen molar-refractivity contribution < 1.29 is 4.79 Å². The monoisotopic (exact) mass is 427 g/mol. The summed E-state index contributed by atoms with van der Waals surface area (Å²) >= 11 is 5.24. The number of amides is 1. The Balaban J connectivity index is 1.46. The normalized spacial score (nSPS) is 20.9. The van der Waals surface area contributed by atoms with Gasteiger partial charge in [0.25, 0.3) is 0 Å². The molecule has 162 valence electrons. The summed E-state index contributed by atoms with van der Waals surface area (Å²) in [5, 5.41) is 7.24. The Kier molecular flexibility index (Phi) is 6.27. The Morgan fingerprint density at radius 3 is 2.67 bits per heavy atom. The Labute approximate surface area is 184 Å². The van der Waals surface area contributed by atoms with Crippen LogP contribution in [-0.4, -0.2) is 43.2 Å². The van der Waals surface area contributed by atoms with Gasteiger partial charge in [0.05, 0.1) is 0 Å². The highest BCUT2D eigenvalue weighted by atomic mass is 32.1. The van der Waals surface area contributed by atoms with Crippen LogP contribution in [0, 0.1) is 18.6 Å². The number of aryl methyl sites for hydroxylation is 1. The van der Waals surface area contributed by atoms with E-state index in [9.17, 15) is 4.79 Å². The van der Waals surface area contributed by atoms with Gasteiger partial charge in [0.2, 0.25) is 5.91 Å². The smallest absolute Gasteiger partial charge is 0.246 e. The summed E-state index contributed by atoms with van der Waals surface area (Å²) in [6.45, 7) is 5.87. The summed E-state index contributed by atoms with van der Waals surface area (Å²) < 4.78 is 5.04. The van der Waals surface area contributed by atoms with Crippen molar-refractivity contribution in [2.75, 3.05) is 13.1 Å². The number of piperidine rings is 1. The van der Waals surface area contributed by atoms with E-state index in [1.165, 1.54) is 43.5 Å². The van der Waals surface area contributed by atoms with Crippen molar-refractivity contribution in [2.24, 2.45) is 7.05 Å². The zero-order valence-corrected chi connectivity index (χ0v) is 19.2. The molecule has 1 N–H and O–H groups in total. The van der Waals surface area contributed by atoms with Crippen molar-refractivity contribution in [3.05, 3.63) is 39.7 Å². The largest absolute Gasteiger partial charge is 0.346 e. The van der Waals surface area contributed by atoms with E-state index in [-0.39, 0.29) is 11.8 Å². The second-order valence-corrected chi connectivity index (χ2v) is 9.28. The van der Waals surface area contributed by atoms with Gasteiger partial charge in [-0.3, -0.25) is 9.89 Å². The summed E-state index contributed by atoms with van der Waals surface area (Å²) in [5.74, 6) is 1.25. The van der Waals surface area contributed by atoms with Gasteiger partial charge in [0.15, 0.2) is 4.77 Å². The van der Waals surface area contributed by atoms with Crippen molar-refractivity contribution in [1.29, 1.82) is 0 Å². The summed E-state index contributed by atoms with van der Waals surface area (Å²) in [7, 11) is 1.93. The zero-order chi connectivity index (χ0) is 21.3. The van der Waals surface area contributed by atoms with Crippen LogP contribution in [0.5, 0.6) is 0 Å². The number of likely N-dealkylation sites (tertiary alicyclic amines) is 1. The molecule has 1 saturated carbocycles. The lowest BCUT2D eigenvalue weighted by molar-refractivity contribution is -0.127. The lowest BCUT2D eigenvalue weighted by atomic mass is 9.95. The molecule has 1 aliphatic heterocycles. The van der Waals surface area contributed by atoms with Gasteiger partial charge < -0.3 is 14.0 Å². The van der Waals surface area contributed by atoms with E-state index in [1.807, 2.05) is 22.6 Å². The first-order valence-electron chi connectivity index (χ1n) is 11.2. The van der Waals surface area contributed by atoms with Gasteiger partial charge in [-0.25, -0.2) is 0 Å². The number of nitrogens with one attached hydrogen (secondary N) is 1. The average Bonchev–Trinajstić information content (AvgIpc) is 3.24. The van der Waals surface area contributed by atoms with Crippen molar-refractivity contribution in [3.8, 4) is 0 Å². The van der Waals surface area contributed by atoms with Crippen LogP contribution in [0.2, 0.25) is 0 Å². The van der Waals surface area contributed by atoms with Crippen molar-refractivity contribution in [1.82, 2.24) is 24.2 Å². The van der Waals surface area contributed by atoms with Crippen LogP contribution in [0.4, 0.5) is 0 Å². The third-order valence-corrected chi connectivity index (χ3v) is 7.25. The fraction of sp³-hybridized carbons (Fsp3) is 0.609. The molecule has 1 unspecified atom stereocenters. The maximum absolute atomic E-state index is 12.9. The molecule has 7 heteroatoms. The number of carbonyl (C=O) groups excluding carboxylic acids is 1. The molecule has 30 heavy (non-hydrogen) atoms. The summed E-state index contributed by atoms with van der Waals surface area (Å²) in [6, 6.07) is 2.84. The van der Waals surface area contributed by atoms with Crippen LogP contribution in [0.3, 0.4) is 0 Å². The topological polar surface area (TPSA) is 58.9 Å². The minimum Gasteiger partial charge on any atom is -0.346 e. The molecule has 4 rings (SSSR count). The first-order chi connectivity index (χ1) is 14.5. The molecule has 0 aromatic carbocycles. The fourth-order valence-electron chi connectivity index (χ4n) is 5.25. The van der Waals surface area contributed by atoms with Gasteiger partial charge in [0, 0.05) is 49.6 Å². The fourth-order valence-corrected chi connectivity index (χ4v) is 5.39. The minimum absolute atomic E-state index is 0.0824. The molecule has 0 radical (unpaired) electrons. The molecule has 6 nitrogen and oxygen atoms in total. The molecule has 0 bridgehead atoms. The van der Waals surface area contributed by atoms with E-state index in [0.717, 1.165) is 30.8 Å². The number of nitrogens with zero attached hydrogens (tertiary/aromatic N) is 4. The molecule has 1 atom stereocenters. The molecule has 1 aliphatic carbocycles. The highest BCUT2D eigenvalue weighted by molar-refractivity contribution is 7.71. The third-order valence-electron chi connectivity index (χ3n) is 6.88. The van der Waals surface area contributed by atoms with Crippen LogP contribution in [-0.2, 0) is 11.8 Å². The molecular weight excluding hydrogens is 394 g/mol. The molecule has 0 spiro atoms.